The van der Waals surface area contributed by atoms with Gasteiger partial charge >= 0.3 is 0 Å². The van der Waals surface area contributed by atoms with Crippen LogP contribution in [0.2, 0.25) is 5.02 Å². The lowest BCUT2D eigenvalue weighted by Gasteiger charge is -2.51. The first kappa shape index (κ1) is 26.9. The first-order valence-electron chi connectivity index (χ1n) is 12.5. The Morgan fingerprint density at radius 1 is 1.26 bits per heavy atom. The molecule has 2 amide bonds. The van der Waals surface area contributed by atoms with Gasteiger partial charge in [-0.1, -0.05) is 37.6 Å². The molecule has 2 saturated heterocycles. The van der Waals surface area contributed by atoms with Crippen LogP contribution >= 0.6 is 11.6 Å². The van der Waals surface area contributed by atoms with E-state index < -0.39 is 0 Å². The topological polar surface area (TPSA) is 67.9 Å². The number of para-hydroxylation sites is 1. The number of nitrogens with one attached hydrogen (secondary N) is 2. The van der Waals surface area contributed by atoms with E-state index >= 15 is 0 Å². The summed E-state index contributed by atoms with van der Waals surface area (Å²) in [6.45, 7) is 11.9. The van der Waals surface area contributed by atoms with Gasteiger partial charge < -0.3 is 20.4 Å². The standard InChI is InChI=1S/C26H42ClN5O2/c1-18(2)11-20(15-30(5)6)29-25(34)19-12-21(14-28-13-19)32-16-24(33)31(17-26(32,3)4)23-10-8-7-9-22(23)27/h7-10,18-21,28H,11-17H2,1-6H3,(H,29,34)/t19-,20-,21+/m0/s1. The molecule has 3 rings (SSSR count). The minimum absolute atomic E-state index is 0.0435. The van der Waals surface area contributed by atoms with Crippen molar-refractivity contribution in [1.82, 2.24) is 20.4 Å². The third-order valence-corrected chi connectivity index (χ3v) is 7.22. The summed E-state index contributed by atoms with van der Waals surface area (Å²) in [7, 11) is 4.08. The minimum Gasteiger partial charge on any atom is -0.352 e. The first-order chi connectivity index (χ1) is 16.0. The van der Waals surface area contributed by atoms with Crippen LogP contribution in [-0.4, -0.2) is 86.1 Å². The number of hydrogen-bond donors (Lipinski definition) is 2. The number of amides is 2. The molecule has 0 aromatic heterocycles. The minimum atomic E-state index is -0.247. The maximum atomic E-state index is 13.2. The highest BCUT2D eigenvalue weighted by molar-refractivity contribution is 6.33. The van der Waals surface area contributed by atoms with Crippen LogP contribution in [0.1, 0.15) is 40.5 Å². The van der Waals surface area contributed by atoms with E-state index in [2.05, 4.69) is 48.1 Å². The van der Waals surface area contributed by atoms with Gasteiger partial charge in [0, 0.05) is 43.8 Å². The molecule has 0 bridgehead atoms. The maximum Gasteiger partial charge on any atom is 0.241 e. The Kier molecular flexibility index (Phi) is 9.01. The molecule has 190 valence electrons. The normalized spacial score (nSPS) is 24.5. The fourth-order valence-electron chi connectivity index (χ4n) is 5.39. The van der Waals surface area contributed by atoms with E-state index in [1.54, 1.807) is 4.90 Å². The van der Waals surface area contributed by atoms with E-state index in [1.807, 2.05) is 38.4 Å². The highest BCUT2D eigenvalue weighted by Gasteiger charge is 2.44. The van der Waals surface area contributed by atoms with Crippen molar-refractivity contribution >= 4 is 29.1 Å². The van der Waals surface area contributed by atoms with Gasteiger partial charge in [0.15, 0.2) is 0 Å². The number of carbonyl (C=O) groups is 2. The van der Waals surface area contributed by atoms with Gasteiger partial charge in [0.1, 0.15) is 0 Å². The Labute approximate surface area is 210 Å². The largest absolute Gasteiger partial charge is 0.352 e. The first-order valence-corrected chi connectivity index (χ1v) is 12.8. The van der Waals surface area contributed by atoms with Crippen LogP contribution in [0.5, 0.6) is 0 Å². The lowest BCUT2D eigenvalue weighted by atomic mass is 9.88. The Bertz CT molecular complexity index is 849. The van der Waals surface area contributed by atoms with Gasteiger partial charge in [0.25, 0.3) is 0 Å². The van der Waals surface area contributed by atoms with Crippen LogP contribution in [0.15, 0.2) is 24.3 Å². The van der Waals surface area contributed by atoms with Gasteiger partial charge in [-0.2, -0.15) is 0 Å². The van der Waals surface area contributed by atoms with Crippen LogP contribution in [0, 0.1) is 11.8 Å². The summed E-state index contributed by atoms with van der Waals surface area (Å²) >= 11 is 6.39. The number of nitrogens with zero attached hydrogens (tertiary/aromatic N) is 3. The van der Waals surface area contributed by atoms with E-state index in [0.717, 1.165) is 31.6 Å². The molecule has 8 heteroatoms. The molecule has 0 aliphatic carbocycles. The predicted octanol–water partition coefficient (Wildman–Crippen LogP) is 2.84. The monoisotopic (exact) mass is 491 g/mol. The van der Waals surface area contributed by atoms with E-state index in [4.69, 9.17) is 11.6 Å². The van der Waals surface area contributed by atoms with Crippen molar-refractivity contribution in [2.45, 2.75) is 58.2 Å². The summed E-state index contributed by atoms with van der Waals surface area (Å²) in [5.41, 5.74) is 0.515. The Hall–Kier alpha value is -1.67. The zero-order valence-electron chi connectivity index (χ0n) is 21.6. The fourth-order valence-corrected chi connectivity index (χ4v) is 5.63. The van der Waals surface area contributed by atoms with Crippen LogP contribution in [0.25, 0.3) is 0 Å². The van der Waals surface area contributed by atoms with Gasteiger partial charge in [-0.25, -0.2) is 0 Å². The van der Waals surface area contributed by atoms with Crippen molar-refractivity contribution in [3.63, 3.8) is 0 Å². The Morgan fingerprint density at radius 2 is 1.97 bits per heavy atom. The second-order valence-electron chi connectivity index (χ2n) is 11.2. The van der Waals surface area contributed by atoms with Crippen LogP contribution in [-0.2, 0) is 9.59 Å². The van der Waals surface area contributed by atoms with Crippen LogP contribution in [0.4, 0.5) is 5.69 Å². The molecule has 7 nitrogen and oxygen atoms in total. The van der Waals surface area contributed by atoms with E-state index in [9.17, 15) is 9.59 Å². The van der Waals surface area contributed by atoms with Crippen molar-refractivity contribution in [3.8, 4) is 0 Å². The van der Waals surface area contributed by atoms with Gasteiger partial charge in [-0.3, -0.25) is 14.5 Å². The number of hydrogen-bond acceptors (Lipinski definition) is 5. The number of benzene rings is 1. The van der Waals surface area contributed by atoms with E-state index in [1.165, 1.54) is 0 Å². The Morgan fingerprint density at radius 3 is 2.62 bits per heavy atom. The second-order valence-corrected chi connectivity index (χ2v) is 11.6. The SMILES string of the molecule is CC(C)C[C@@H](CN(C)C)NC(=O)[C@@H]1CNC[C@H](N2CC(=O)N(c3ccccc3Cl)CC2(C)C)C1. The van der Waals surface area contributed by atoms with E-state index in [0.29, 0.717) is 30.6 Å². The summed E-state index contributed by atoms with van der Waals surface area (Å²) in [6.07, 6.45) is 1.71. The predicted molar refractivity (Wildman–Crippen MR) is 139 cm³/mol. The molecule has 2 N–H and O–H groups in total. The molecule has 0 radical (unpaired) electrons. The van der Waals surface area contributed by atoms with E-state index in [-0.39, 0.29) is 35.4 Å². The molecule has 34 heavy (non-hydrogen) atoms. The fraction of sp³-hybridized carbons (Fsp3) is 0.692. The lowest BCUT2D eigenvalue weighted by Crippen LogP contribution is -2.67. The zero-order chi connectivity index (χ0) is 25.0. The number of piperazine rings is 1. The number of rotatable bonds is 8. The molecule has 1 aromatic rings. The smallest absolute Gasteiger partial charge is 0.241 e. The zero-order valence-corrected chi connectivity index (χ0v) is 22.4. The highest BCUT2D eigenvalue weighted by atomic mass is 35.5. The van der Waals surface area contributed by atoms with Gasteiger partial charge in [0.05, 0.1) is 23.2 Å². The molecule has 0 saturated carbocycles. The number of piperidine rings is 1. The molecule has 2 heterocycles. The molecule has 3 atom stereocenters. The maximum absolute atomic E-state index is 13.2. The highest BCUT2D eigenvalue weighted by Crippen LogP contribution is 2.33. The molecular formula is C26H42ClN5O2. The van der Waals surface area contributed by atoms with Crippen LogP contribution in [0.3, 0.4) is 0 Å². The summed E-state index contributed by atoms with van der Waals surface area (Å²) in [5, 5.41) is 7.36. The summed E-state index contributed by atoms with van der Waals surface area (Å²) in [4.78, 5) is 32.6. The third kappa shape index (κ3) is 6.72. The molecule has 1 aromatic carbocycles. The van der Waals surface area contributed by atoms with Gasteiger partial charge in [-0.15, -0.1) is 0 Å². The van der Waals surface area contributed by atoms with Crippen molar-refractivity contribution in [3.05, 3.63) is 29.3 Å². The second kappa shape index (κ2) is 11.4. The summed E-state index contributed by atoms with van der Waals surface area (Å²) < 4.78 is 0. The Balaban J connectivity index is 1.67. The number of likely N-dealkylation sites (N-methyl/N-ethyl adjacent to an activating group) is 1. The van der Waals surface area contributed by atoms with Crippen LogP contribution < -0.4 is 15.5 Å². The van der Waals surface area contributed by atoms with Crippen molar-refractivity contribution < 1.29 is 9.59 Å². The average molecular weight is 492 g/mol. The van der Waals surface area contributed by atoms with Gasteiger partial charge in [-0.05, 0) is 58.8 Å². The lowest BCUT2D eigenvalue weighted by molar-refractivity contribution is -0.129. The average Bonchev–Trinajstić information content (AvgIpc) is 2.74. The quantitative estimate of drug-likeness (QED) is 0.585. The van der Waals surface area contributed by atoms with Crippen molar-refractivity contribution in [2.75, 3.05) is 51.7 Å². The van der Waals surface area contributed by atoms with Gasteiger partial charge in [0.2, 0.25) is 11.8 Å². The summed E-state index contributed by atoms with van der Waals surface area (Å²) in [6, 6.07) is 7.76. The number of carbonyl (C=O) groups excluding carboxylic acids is 2. The molecule has 0 unspecified atom stereocenters. The molecule has 2 aliphatic heterocycles. The molecule has 0 spiro atoms. The molecule has 2 aliphatic rings. The number of halogens is 1. The number of anilines is 1. The third-order valence-electron chi connectivity index (χ3n) is 6.90. The van der Waals surface area contributed by atoms with Crippen molar-refractivity contribution in [1.29, 1.82) is 0 Å². The molecule has 2 fully saturated rings. The van der Waals surface area contributed by atoms with Crippen molar-refractivity contribution in [2.24, 2.45) is 11.8 Å². The molecular weight excluding hydrogens is 450 g/mol. The summed E-state index contributed by atoms with van der Waals surface area (Å²) in [5.74, 6) is 0.567.